The van der Waals surface area contributed by atoms with Crippen LogP contribution in [-0.4, -0.2) is 34.1 Å². The van der Waals surface area contributed by atoms with Gasteiger partial charge in [-0.15, -0.1) is 0 Å². The van der Waals surface area contributed by atoms with Gasteiger partial charge in [0.1, 0.15) is 6.04 Å². The van der Waals surface area contributed by atoms with E-state index in [-0.39, 0.29) is 6.42 Å². The van der Waals surface area contributed by atoms with Crippen molar-refractivity contribution in [1.29, 1.82) is 0 Å². The van der Waals surface area contributed by atoms with E-state index in [4.69, 9.17) is 10.2 Å². The highest BCUT2D eigenvalue weighted by atomic mass is 16.4. The lowest BCUT2D eigenvalue weighted by Gasteiger charge is -2.09. The lowest BCUT2D eigenvalue weighted by atomic mass is 10.2. The summed E-state index contributed by atoms with van der Waals surface area (Å²) in [6, 6.07) is -1.13. The van der Waals surface area contributed by atoms with Crippen LogP contribution in [0.15, 0.2) is 0 Å². The van der Waals surface area contributed by atoms with Gasteiger partial charge in [-0.3, -0.25) is 4.79 Å². The maximum Gasteiger partial charge on any atom is 0.394 e. The van der Waals surface area contributed by atoms with E-state index in [1.165, 1.54) is 6.92 Å². The van der Waals surface area contributed by atoms with Crippen LogP contribution in [0.4, 0.5) is 0 Å². The number of hydrogen-bond donors (Lipinski definition) is 3. The van der Waals surface area contributed by atoms with Crippen LogP contribution in [0.25, 0.3) is 0 Å². The molecule has 0 rings (SSSR count). The Kier molecular flexibility index (Phi) is 3.75. The smallest absolute Gasteiger partial charge is 0.394 e. The first-order valence-electron chi connectivity index (χ1n) is 3.25. The number of carboxylic acids is 2. The van der Waals surface area contributed by atoms with E-state index in [9.17, 15) is 14.4 Å². The number of hydrogen-bond acceptors (Lipinski definition) is 3. The molecule has 6 nitrogen and oxygen atoms in total. The van der Waals surface area contributed by atoms with Gasteiger partial charge in [0.15, 0.2) is 0 Å². The number of carbonyl (C=O) groups is 3. The summed E-state index contributed by atoms with van der Waals surface area (Å²) in [5, 5.41) is 18.3. The number of rotatable bonds is 3. The molecule has 0 aliphatic carbocycles. The minimum absolute atomic E-state index is 0.147. The Morgan fingerprint density at radius 1 is 1.33 bits per heavy atom. The molecule has 0 aromatic rings. The lowest BCUT2D eigenvalue weighted by Crippen LogP contribution is -2.43. The molecule has 0 bridgehead atoms. The first-order chi connectivity index (χ1) is 5.49. The first kappa shape index (κ1) is 10.4. The summed E-state index contributed by atoms with van der Waals surface area (Å²) in [5.41, 5.74) is 0. The van der Waals surface area contributed by atoms with Crippen molar-refractivity contribution in [2.45, 2.75) is 19.4 Å². The Morgan fingerprint density at radius 2 is 1.83 bits per heavy atom. The highest BCUT2D eigenvalue weighted by Crippen LogP contribution is 1.89. The summed E-state index contributed by atoms with van der Waals surface area (Å²) < 4.78 is 0. The molecule has 6 heteroatoms. The number of carboxylic acid groups (broad SMARTS) is 2. The predicted octanol–water partition coefficient (Wildman–Crippen LogP) is -0.950. The summed E-state index contributed by atoms with van der Waals surface area (Å²) in [4.78, 5) is 30.7. The quantitative estimate of drug-likeness (QED) is 0.480. The average molecular weight is 175 g/mol. The summed E-state index contributed by atoms with van der Waals surface area (Å²) in [6.07, 6.45) is 0.147. The fourth-order valence-electron chi connectivity index (χ4n) is 0.558. The van der Waals surface area contributed by atoms with Crippen molar-refractivity contribution in [3.8, 4) is 0 Å². The van der Waals surface area contributed by atoms with E-state index in [2.05, 4.69) is 0 Å². The Balaban J connectivity index is 4.12. The van der Waals surface area contributed by atoms with E-state index < -0.39 is 23.9 Å². The summed E-state index contributed by atoms with van der Waals surface area (Å²) in [6.45, 7) is 1.53. The molecule has 1 unspecified atom stereocenters. The summed E-state index contributed by atoms with van der Waals surface area (Å²) in [5.74, 6) is -4.23. The van der Waals surface area contributed by atoms with Gasteiger partial charge in [-0.1, -0.05) is 6.92 Å². The molecular weight excluding hydrogens is 166 g/mol. The van der Waals surface area contributed by atoms with Crippen molar-refractivity contribution in [1.82, 2.24) is 5.32 Å². The van der Waals surface area contributed by atoms with Crippen LogP contribution in [0.1, 0.15) is 13.3 Å². The molecule has 0 saturated heterocycles. The molecule has 1 atom stereocenters. The predicted molar refractivity (Wildman–Crippen MR) is 37.5 cm³/mol. The fourth-order valence-corrected chi connectivity index (χ4v) is 0.558. The average Bonchev–Trinajstić information content (AvgIpc) is 1.98. The van der Waals surface area contributed by atoms with Gasteiger partial charge in [0.2, 0.25) is 0 Å². The number of nitrogens with one attached hydrogen (secondary N) is 1. The number of aliphatic carboxylic acids is 2. The van der Waals surface area contributed by atoms with Crippen molar-refractivity contribution in [3.63, 3.8) is 0 Å². The molecule has 0 aromatic heterocycles. The second-order valence-corrected chi connectivity index (χ2v) is 2.08. The summed E-state index contributed by atoms with van der Waals surface area (Å²) >= 11 is 0. The van der Waals surface area contributed by atoms with Crippen molar-refractivity contribution in [2.75, 3.05) is 0 Å². The third kappa shape index (κ3) is 3.00. The molecule has 0 radical (unpaired) electrons. The highest BCUT2D eigenvalue weighted by molar-refractivity contribution is 6.31. The van der Waals surface area contributed by atoms with E-state index in [1.807, 2.05) is 5.32 Å². The van der Waals surface area contributed by atoms with Gasteiger partial charge in [-0.25, -0.2) is 9.59 Å². The van der Waals surface area contributed by atoms with Gasteiger partial charge >= 0.3 is 17.8 Å². The van der Waals surface area contributed by atoms with Crippen molar-refractivity contribution in [2.24, 2.45) is 0 Å². The van der Waals surface area contributed by atoms with Gasteiger partial charge in [0.05, 0.1) is 0 Å². The molecule has 0 spiro atoms. The normalized spacial score (nSPS) is 11.8. The second-order valence-electron chi connectivity index (χ2n) is 2.08. The molecule has 3 N–H and O–H groups in total. The van der Waals surface area contributed by atoms with Gasteiger partial charge < -0.3 is 15.5 Å². The van der Waals surface area contributed by atoms with Crippen LogP contribution in [-0.2, 0) is 14.4 Å². The van der Waals surface area contributed by atoms with Crippen LogP contribution in [0.2, 0.25) is 0 Å². The fraction of sp³-hybridized carbons (Fsp3) is 0.500. The van der Waals surface area contributed by atoms with Crippen molar-refractivity contribution >= 4 is 17.8 Å². The standard InChI is InChI=1S/C6H9NO5/c1-2-3(5(9)10)7-4(8)6(11)12/h3H,2H2,1H3,(H,7,8)(H,9,10)(H,11,12). The Hall–Kier alpha value is -1.59. The maximum absolute atomic E-state index is 10.4. The van der Waals surface area contributed by atoms with Crippen LogP contribution < -0.4 is 5.32 Å². The Morgan fingerprint density at radius 3 is 2.08 bits per heavy atom. The molecule has 0 saturated carbocycles. The molecule has 12 heavy (non-hydrogen) atoms. The largest absolute Gasteiger partial charge is 0.480 e. The van der Waals surface area contributed by atoms with Gasteiger partial charge in [0.25, 0.3) is 0 Å². The molecular formula is C6H9NO5. The first-order valence-corrected chi connectivity index (χ1v) is 3.25. The minimum atomic E-state index is -1.69. The third-order valence-electron chi connectivity index (χ3n) is 1.21. The number of carbonyl (C=O) groups excluding carboxylic acids is 1. The van der Waals surface area contributed by atoms with E-state index >= 15 is 0 Å². The van der Waals surface area contributed by atoms with Gasteiger partial charge in [0, 0.05) is 0 Å². The highest BCUT2D eigenvalue weighted by Gasteiger charge is 2.20. The van der Waals surface area contributed by atoms with Crippen LogP contribution in [0.3, 0.4) is 0 Å². The van der Waals surface area contributed by atoms with E-state index in [0.717, 1.165) is 0 Å². The van der Waals surface area contributed by atoms with Crippen LogP contribution >= 0.6 is 0 Å². The maximum atomic E-state index is 10.4. The second kappa shape index (κ2) is 4.32. The topological polar surface area (TPSA) is 104 Å². The zero-order chi connectivity index (χ0) is 9.72. The zero-order valence-electron chi connectivity index (χ0n) is 6.40. The van der Waals surface area contributed by atoms with Gasteiger partial charge in [-0.2, -0.15) is 0 Å². The lowest BCUT2D eigenvalue weighted by molar-refractivity contribution is -0.152. The van der Waals surface area contributed by atoms with Crippen molar-refractivity contribution < 1.29 is 24.6 Å². The van der Waals surface area contributed by atoms with Crippen LogP contribution in [0, 0.1) is 0 Å². The van der Waals surface area contributed by atoms with E-state index in [1.54, 1.807) is 0 Å². The molecule has 0 aliphatic heterocycles. The monoisotopic (exact) mass is 175 g/mol. The molecule has 0 aliphatic rings. The van der Waals surface area contributed by atoms with Gasteiger partial charge in [-0.05, 0) is 6.42 Å². The SMILES string of the molecule is CCC(NC(=O)C(=O)O)C(=O)O. The van der Waals surface area contributed by atoms with Crippen molar-refractivity contribution in [3.05, 3.63) is 0 Å². The Labute approximate surface area is 68.2 Å². The minimum Gasteiger partial charge on any atom is -0.480 e. The molecule has 0 aromatic carbocycles. The van der Waals surface area contributed by atoms with E-state index in [0.29, 0.717) is 0 Å². The zero-order valence-corrected chi connectivity index (χ0v) is 6.40. The Bertz CT molecular complexity index is 212. The molecule has 68 valence electrons. The number of amides is 1. The molecule has 0 fully saturated rings. The molecule has 1 amide bonds. The third-order valence-corrected chi connectivity index (χ3v) is 1.21. The summed E-state index contributed by atoms with van der Waals surface area (Å²) in [7, 11) is 0. The van der Waals surface area contributed by atoms with Crippen LogP contribution in [0.5, 0.6) is 0 Å². The molecule has 0 heterocycles.